The molecule has 110 valence electrons. The lowest BCUT2D eigenvalue weighted by Gasteiger charge is -2.18. The number of hydrogen-bond acceptors (Lipinski definition) is 4. The van der Waals surface area contributed by atoms with Crippen molar-refractivity contribution in [1.29, 1.82) is 0 Å². The zero-order valence-corrected chi connectivity index (χ0v) is 11.9. The first-order valence-electron chi connectivity index (χ1n) is 7.04. The average Bonchev–Trinajstić information content (AvgIpc) is 2.88. The SMILES string of the molecule is Cc1cc(/C(N)=N/O)ccc1CN1CCC(CCO)C1. The predicted molar refractivity (Wildman–Crippen MR) is 78.8 cm³/mol. The molecule has 0 aromatic heterocycles. The van der Waals surface area contributed by atoms with E-state index < -0.39 is 0 Å². The fourth-order valence-electron chi connectivity index (χ4n) is 2.81. The van der Waals surface area contributed by atoms with Crippen LogP contribution in [0.1, 0.15) is 29.5 Å². The van der Waals surface area contributed by atoms with Crippen molar-refractivity contribution in [3.63, 3.8) is 0 Å². The van der Waals surface area contributed by atoms with E-state index in [0.29, 0.717) is 5.92 Å². The third-order valence-electron chi connectivity index (χ3n) is 4.05. The number of benzene rings is 1. The molecule has 1 aliphatic heterocycles. The highest BCUT2D eigenvalue weighted by Gasteiger charge is 2.22. The molecule has 2 rings (SSSR count). The van der Waals surface area contributed by atoms with Gasteiger partial charge in [0.2, 0.25) is 0 Å². The Morgan fingerprint density at radius 1 is 1.50 bits per heavy atom. The number of nitrogens with zero attached hydrogens (tertiary/aromatic N) is 2. The maximum Gasteiger partial charge on any atom is 0.170 e. The van der Waals surface area contributed by atoms with Crippen molar-refractivity contribution >= 4 is 5.84 Å². The van der Waals surface area contributed by atoms with Crippen LogP contribution in [0, 0.1) is 12.8 Å². The molecule has 4 N–H and O–H groups in total. The fraction of sp³-hybridized carbons (Fsp3) is 0.533. The van der Waals surface area contributed by atoms with Crippen LogP contribution in [0.15, 0.2) is 23.4 Å². The number of aliphatic hydroxyl groups excluding tert-OH is 1. The first-order valence-corrected chi connectivity index (χ1v) is 7.04. The van der Waals surface area contributed by atoms with Crippen molar-refractivity contribution in [2.45, 2.75) is 26.3 Å². The predicted octanol–water partition coefficient (Wildman–Crippen LogP) is 1.29. The highest BCUT2D eigenvalue weighted by atomic mass is 16.4. The standard InChI is InChI=1S/C15H23N3O2/c1-11-8-13(15(16)17-20)2-3-14(11)10-18-6-4-12(9-18)5-7-19/h2-3,8,12,19-20H,4-7,9-10H2,1H3,(H2,16,17). The van der Waals surface area contributed by atoms with E-state index in [-0.39, 0.29) is 12.4 Å². The second-order valence-corrected chi connectivity index (χ2v) is 5.53. The van der Waals surface area contributed by atoms with Crippen LogP contribution in [0.25, 0.3) is 0 Å². The lowest BCUT2D eigenvalue weighted by molar-refractivity contribution is 0.249. The summed E-state index contributed by atoms with van der Waals surface area (Å²) in [7, 11) is 0. The smallest absolute Gasteiger partial charge is 0.170 e. The van der Waals surface area contributed by atoms with Crippen molar-refractivity contribution in [3.8, 4) is 0 Å². The highest BCUT2D eigenvalue weighted by Crippen LogP contribution is 2.22. The van der Waals surface area contributed by atoms with Crippen LogP contribution in [0.2, 0.25) is 0 Å². The van der Waals surface area contributed by atoms with E-state index in [2.05, 4.69) is 10.1 Å². The molecule has 1 aromatic rings. The summed E-state index contributed by atoms with van der Waals surface area (Å²) in [4.78, 5) is 2.42. The van der Waals surface area contributed by atoms with Crippen LogP contribution in [-0.4, -0.2) is 40.7 Å². The van der Waals surface area contributed by atoms with E-state index in [9.17, 15) is 0 Å². The number of aliphatic hydroxyl groups is 1. The van der Waals surface area contributed by atoms with Crippen molar-refractivity contribution in [1.82, 2.24) is 4.90 Å². The Balaban J connectivity index is 2.00. The minimum atomic E-state index is 0.142. The van der Waals surface area contributed by atoms with Crippen LogP contribution in [-0.2, 0) is 6.54 Å². The van der Waals surface area contributed by atoms with E-state index in [1.54, 1.807) is 0 Å². The normalized spacial score (nSPS) is 20.5. The van der Waals surface area contributed by atoms with Crippen LogP contribution in [0.3, 0.4) is 0 Å². The molecule has 1 aromatic carbocycles. The molecule has 5 nitrogen and oxygen atoms in total. The zero-order valence-electron chi connectivity index (χ0n) is 11.9. The van der Waals surface area contributed by atoms with Gasteiger partial charge in [-0.2, -0.15) is 0 Å². The Kier molecular flexibility index (Phi) is 4.98. The van der Waals surface area contributed by atoms with E-state index in [4.69, 9.17) is 16.0 Å². The first-order chi connectivity index (χ1) is 9.63. The lowest BCUT2D eigenvalue weighted by atomic mass is 10.0. The molecule has 1 atom stereocenters. The molecule has 0 spiro atoms. The van der Waals surface area contributed by atoms with Gasteiger partial charge in [0, 0.05) is 25.3 Å². The Labute approximate surface area is 119 Å². The van der Waals surface area contributed by atoms with Gasteiger partial charge in [0.15, 0.2) is 5.84 Å². The quantitative estimate of drug-likeness (QED) is 0.328. The molecule has 1 fully saturated rings. The summed E-state index contributed by atoms with van der Waals surface area (Å²) in [5, 5.41) is 20.7. The van der Waals surface area contributed by atoms with Crippen molar-refractivity contribution in [2.75, 3.05) is 19.7 Å². The minimum absolute atomic E-state index is 0.142. The van der Waals surface area contributed by atoms with Gasteiger partial charge in [-0.15, -0.1) is 0 Å². The highest BCUT2D eigenvalue weighted by molar-refractivity contribution is 5.97. The van der Waals surface area contributed by atoms with Gasteiger partial charge in [-0.25, -0.2) is 0 Å². The van der Waals surface area contributed by atoms with E-state index in [1.807, 2.05) is 25.1 Å². The van der Waals surface area contributed by atoms with E-state index in [1.165, 1.54) is 12.0 Å². The number of likely N-dealkylation sites (tertiary alicyclic amines) is 1. The average molecular weight is 277 g/mol. The Morgan fingerprint density at radius 3 is 2.95 bits per heavy atom. The summed E-state index contributed by atoms with van der Waals surface area (Å²) < 4.78 is 0. The molecule has 1 heterocycles. The molecule has 5 heteroatoms. The summed E-state index contributed by atoms with van der Waals surface area (Å²) in [6.07, 6.45) is 2.07. The lowest BCUT2D eigenvalue weighted by Crippen LogP contribution is -2.21. The number of aryl methyl sites for hydroxylation is 1. The summed E-state index contributed by atoms with van der Waals surface area (Å²) in [5.41, 5.74) is 8.76. The molecule has 0 bridgehead atoms. The zero-order chi connectivity index (χ0) is 14.5. The van der Waals surface area contributed by atoms with Crippen LogP contribution >= 0.6 is 0 Å². The fourth-order valence-corrected chi connectivity index (χ4v) is 2.81. The second-order valence-electron chi connectivity index (χ2n) is 5.53. The molecule has 0 aliphatic carbocycles. The third kappa shape index (κ3) is 3.49. The summed E-state index contributed by atoms with van der Waals surface area (Å²) in [6.45, 7) is 5.40. The van der Waals surface area contributed by atoms with Crippen molar-refractivity contribution in [2.24, 2.45) is 16.8 Å². The van der Waals surface area contributed by atoms with Gasteiger partial charge in [-0.1, -0.05) is 17.3 Å². The molecule has 1 aliphatic rings. The van der Waals surface area contributed by atoms with Gasteiger partial charge < -0.3 is 16.0 Å². The molecule has 20 heavy (non-hydrogen) atoms. The molecule has 0 radical (unpaired) electrons. The molecular weight excluding hydrogens is 254 g/mol. The van der Waals surface area contributed by atoms with Crippen molar-refractivity contribution in [3.05, 3.63) is 34.9 Å². The summed E-state index contributed by atoms with van der Waals surface area (Å²) in [6, 6.07) is 5.88. The number of hydrogen-bond donors (Lipinski definition) is 3. The molecule has 1 saturated heterocycles. The van der Waals surface area contributed by atoms with Gasteiger partial charge in [-0.3, -0.25) is 4.90 Å². The van der Waals surface area contributed by atoms with Gasteiger partial charge in [0.05, 0.1) is 0 Å². The van der Waals surface area contributed by atoms with E-state index >= 15 is 0 Å². The summed E-state index contributed by atoms with van der Waals surface area (Å²) in [5.74, 6) is 0.764. The molecule has 0 saturated carbocycles. The van der Waals surface area contributed by atoms with Gasteiger partial charge in [0.25, 0.3) is 0 Å². The van der Waals surface area contributed by atoms with Crippen molar-refractivity contribution < 1.29 is 10.3 Å². The van der Waals surface area contributed by atoms with Gasteiger partial charge in [0.1, 0.15) is 0 Å². The number of nitrogens with two attached hydrogens (primary N) is 1. The van der Waals surface area contributed by atoms with Gasteiger partial charge in [-0.05, 0) is 49.4 Å². The Morgan fingerprint density at radius 2 is 2.30 bits per heavy atom. The number of oxime groups is 1. The Hall–Kier alpha value is -1.59. The second kappa shape index (κ2) is 6.72. The maximum absolute atomic E-state index is 8.99. The number of rotatable bonds is 5. The van der Waals surface area contributed by atoms with Crippen LogP contribution in [0.5, 0.6) is 0 Å². The summed E-state index contributed by atoms with van der Waals surface area (Å²) >= 11 is 0. The van der Waals surface area contributed by atoms with Crippen LogP contribution in [0.4, 0.5) is 0 Å². The largest absolute Gasteiger partial charge is 0.409 e. The maximum atomic E-state index is 8.99. The minimum Gasteiger partial charge on any atom is -0.409 e. The molecule has 0 amide bonds. The van der Waals surface area contributed by atoms with E-state index in [0.717, 1.165) is 37.2 Å². The van der Waals surface area contributed by atoms with Crippen LogP contribution < -0.4 is 5.73 Å². The van der Waals surface area contributed by atoms with Gasteiger partial charge >= 0.3 is 0 Å². The Bertz CT molecular complexity index is 488. The first kappa shape index (κ1) is 14.8. The monoisotopic (exact) mass is 277 g/mol. The third-order valence-corrected chi connectivity index (χ3v) is 4.05. The number of amidine groups is 1. The molecule has 1 unspecified atom stereocenters. The topological polar surface area (TPSA) is 82.1 Å². The molecular formula is C15H23N3O2.